The minimum absolute atomic E-state index is 0.0967. The molecule has 1 aliphatic heterocycles. The van der Waals surface area contributed by atoms with Crippen molar-refractivity contribution in [2.75, 3.05) is 11.9 Å². The Morgan fingerprint density at radius 1 is 1.29 bits per heavy atom. The molecule has 24 heavy (non-hydrogen) atoms. The average molecular weight is 323 g/mol. The van der Waals surface area contributed by atoms with Crippen molar-refractivity contribution < 1.29 is 4.74 Å². The Morgan fingerprint density at radius 2 is 2.12 bits per heavy atom. The molecule has 2 aromatic rings. The number of aromatic nitrogens is 2. The first-order valence-corrected chi connectivity index (χ1v) is 8.18. The normalized spacial score (nSPS) is 20.3. The molecule has 0 spiro atoms. The smallest absolute Gasteiger partial charge is 0.161 e. The van der Waals surface area contributed by atoms with Gasteiger partial charge in [-0.25, -0.2) is 4.98 Å². The van der Waals surface area contributed by atoms with Crippen LogP contribution in [0.1, 0.15) is 30.5 Å². The van der Waals surface area contributed by atoms with Gasteiger partial charge in [-0.2, -0.15) is 5.26 Å². The molecule has 1 saturated heterocycles. The van der Waals surface area contributed by atoms with Crippen LogP contribution in [-0.4, -0.2) is 22.8 Å². The van der Waals surface area contributed by atoms with Crippen LogP contribution < -0.4 is 11.1 Å². The van der Waals surface area contributed by atoms with Gasteiger partial charge in [0.25, 0.3) is 0 Å². The maximum atomic E-state index is 8.85. The van der Waals surface area contributed by atoms with E-state index in [-0.39, 0.29) is 6.23 Å². The number of nitrogens with one attached hydrogen (secondary N) is 1. The molecule has 1 aromatic carbocycles. The number of ether oxygens (including phenoxy) is 1. The number of aryl methyl sites for hydroxylation is 1. The molecule has 2 atom stereocenters. The van der Waals surface area contributed by atoms with Crippen LogP contribution in [0.3, 0.4) is 0 Å². The SMILES string of the molecule is N#Cc1cncc(Nc2ccc(CCC3CCOC(N)C3)cc2)n1. The summed E-state index contributed by atoms with van der Waals surface area (Å²) in [5.41, 5.74) is 8.37. The first-order chi connectivity index (χ1) is 11.7. The number of rotatable bonds is 5. The van der Waals surface area contributed by atoms with Crippen LogP contribution in [0.5, 0.6) is 0 Å². The summed E-state index contributed by atoms with van der Waals surface area (Å²) in [6.45, 7) is 0.775. The fourth-order valence-corrected chi connectivity index (χ4v) is 2.92. The maximum absolute atomic E-state index is 8.85. The number of nitriles is 1. The molecule has 0 aliphatic carbocycles. The van der Waals surface area contributed by atoms with Crippen molar-refractivity contribution in [3.05, 3.63) is 47.9 Å². The Balaban J connectivity index is 1.54. The molecule has 3 N–H and O–H groups in total. The second kappa shape index (κ2) is 7.86. The largest absolute Gasteiger partial charge is 0.364 e. The highest BCUT2D eigenvalue weighted by atomic mass is 16.5. The number of hydrogen-bond acceptors (Lipinski definition) is 6. The van der Waals surface area contributed by atoms with Crippen molar-refractivity contribution in [2.24, 2.45) is 11.7 Å². The van der Waals surface area contributed by atoms with Crippen molar-refractivity contribution in [3.8, 4) is 6.07 Å². The van der Waals surface area contributed by atoms with Crippen LogP contribution in [-0.2, 0) is 11.2 Å². The van der Waals surface area contributed by atoms with E-state index in [9.17, 15) is 0 Å². The third kappa shape index (κ3) is 4.51. The van der Waals surface area contributed by atoms with Crippen LogP contribution in [0.2, 0.25) is 0 Å². The summed E-state index contributed by atoms with van der Waals surface area (Å²) in [4.78, 5) is 8.14. The molecule has 1 fully saturated rings. The second-order valence-electron chi connectivity index (χ2n) is 6.06. The molecule has 0 bridgehead atoms. The second-order valence-corrected chi connectivity index (χ2v) is 6.06. The fraction of sp³-hybridized carbons (Fsp3) is 0.389. The topological polar surface area (TPSA) is 96.8 Å². The molecular formula is C18H21N5O. The van der Waals surface area contributed by atoms with E-state index in [0.29, 0.717) is 17.4 Å². The summed E-state index contributed by atoms with van der Waals surface area (Å²) in [7, 11) is 0. The third-order valence-electron chi connectivity index (χ3n) is 4.24. The molecule has 0 amide bonds. The summed E-state index contributed by atoms with van der Waals surface area (Å²) in [5.74, 6) is 1.22. The lowest BCUT2D eigenvalue weighted by Gasteiger charge is -2.26. The predicted octanol–water partition coefficient (Wildman–Crippen LogP) is 2.74. The lowest BCUT2D eigenvalue weighted by molar-refractivity contribution is -0.00624. The van der Waals surface area contributed by atoms with Crippen LogP contribution in [0.15, 0.2) is 36.7 Å². The van der Waals surface area contributed by atoms with E-state index in [1.165, 1.54) is 11.8 Å². The first kappa shape index (κ1) is 16.4. The van der Waals surface area contributed by atoms with E-state index in [2.05, 4.69) is 27.4 Å². The van der Waals surface area contributed by atoms with Gasteiger partial charge in [0.2, 0.25) is 0 Å². The Morgan fingerprint density at radius 3 is 2.88 bits per heavy atom. The van der Waals surface area contributed by atoms with Crippen LogP contribution >= 0.6 is 0 Å². The summed E-state index contributed by atoms with van der Waals surface area (Å²) >= 11 is 0. The third-order valence-corrected chi connectivity index (χ3v) is 4.24. The molecule has 2 heterocycles. The molecule has 124 valence electrons. The number of hydrogen-bond donors (Lipinski definition) is 2. The summed E-state index contributed by atoms with van der Waals surface area (Å²) in [5, 5.41) is 12.0. The van der Waals surface area contributed by atoms with Crippen molar-refractivity contribution in [1.82, 2.24) is 9.97 Å². The molecule has 1 aromatic heterocycles. The lowest BCUT2D eigenvalue weighted by atomic mass is 9.92. The van der Waals surface area contributed by atoms with E-state index >= 15 is 0 Å². The molecule has 0 radical (unpaired) electrons. The van der Waals surface area contributed by atoms with Crippen molar-refractivity contribution in [3.63, 3.8) is 0 Å². The quantitative estimate of drug-likeness (QED) is 0.878. The van der Waals surface area contributed by atoms with Crippen LogP contribution in [0, 0.1) is 17.2 Å². The van der Waals surface area contributed by atoms with Crippen LogP contribution in [0.4, 0.5) is 11.5 Å². The highest BCUT2D eigenvalue weighted by Crippen LogP contribution is 2.23. The standard InChI is InChI=1S/C18H21N5O/c19-10-16-11-21-12-18(23-16)22-15-5-3-13(4-6-15)1-2-14-7-8-24-17(20)9-14/h3-6,11-12,14,17H,1-2,7-9,20H2,(H,22,23). The van der Waals surface area contributed by atoms with Gasteiger partial charge in [-0.15, -0.1) is 0 Å². The van der Waals surface area contributed by atoms with Gasteiger partial charge >= 0.3 is 0 Å². The zero-order valence-electron chi connectivity index (χ0n) is 13.5. The highest BCUT2D eigenvalue weighted by molar-refractivity contribution is 5.56. The summed E-state index contributed by atoms with van der Waals surface area (Å²) in [6, 6.07) is 10.2. The monoisotopic (exact) mass is 323 g/mol. The van der Waals surface area contributed by atoms with Gasteiger partial charge in [0.15, 0.2) is 5.69 Å². The Labute approximate surface area is 141 Å². The Hall–Kier alpha value is -2.49. The molecule has 0 saturated carbocycles. The van der Waals surface area contributed by atoms with Gasteiger partial charge in [-0.05, 0) is 49.3 Å². The molecule has 1 aliphatic rings. The van der Waals surface area contributed by atoms with Gasteiger partial charge in [0.1, 0.15) is 18.1 Å². The number of nitrogens with two attached hydrogens (primary N) is 1. The average Bonchev–Trinajstić information content (AvgIpc) is 2.61. The highest BCUT2D eigenvalue weighted by Gasteiger charge is 2.19. The molecule has 2 unspecified atom stereocenters. The van der Waals surface area contributed by atoms with E-state index in [1.54, 1.807) is 6.20 Å². The van der Waals surface area contributed by atoms with Crippen molar-refractivity contribution in [2.45, 2.75) is 31.9 Å². The minimum atomic E-state index is -0.0967. The number of nitrogens with zero attached hydrogens (tertiary/aromatic N) is 3. The van der Waals surface area contributed by atoms with Gasteiger partial charge in [-0.3, -0.25) is 4.98 Å². The predicted molar refractivity (Wildman–Crippen MR) is 91.4 cm³/mol. The van der Waals surface area contributed by atoms with E-state index in [0.717, 1.165) is 38.0 Å². The zero-order valence-corrected chi connectivity index (χ0v) is 13.5. The molecule has 6 nitrogen and oxygen atoms in total. The van der Waals surface area contributed by atoms with Crippen molar-refractivity contribution in [1.29, 1.82) is 5.26 Å². The van der Waals surface area contributed by atoms with E-state index in [4.69, 9.17) is 15.7 Å². The molecular weight excluding hydrogens is 302 g/mol. The van der Waals surface area contributed by atoms with Gasteiger partial charge in [-0.1, -0.05) is 12.1 Å². The van der Waals surface area contributed by atoms with Crippen molar-refractivity contribution >= 4 is 11.5 Å². The summed E-state index contributed by atoms with van der Waals surface area (Å²) < 4.78 is 5.39. The zero-order chi connectivity index (χ0) is 16.8. The fourth-order valence-electron chi connectivity index (χ4n) is 2.92. The number of anilines is 2. The Bertz CT molecular complexity index is 710. The van der Waals surface area contributed by atoms with Crippen LogP contribution in [0.25, 0.3) is 0 Å². The summed E-state index contributed by atoms with van der Waals surface area (Å²) in [6.07, 6.45) is 7.18. The maximum Gasteiger partial charge on any atom is 0.161 e. The molecule has 6 heteroatoms. The van der Waals surface area contributed by atoms with E-state index < -0.39 is 0 Å². The van der Waals surface area contributed by atoms with E-state index in [1.807, 2.05) is 18.2 Å². The first-order valence-electron chi connectivity index (χ1n) is 8.18. The number of benzene rings is 1. The minimum Gasteiger partial charge on any atom is -0.364 e. The van der Waals surface area contributed by atoms with Gasteiger partial charge in [0, 0.05) is 12.3 Å². The molecule has 3 rings (SSSR count). The Kier molecular flexibility index (Phi) is 5.36. The van der Waals surface area contributed by atoms with Gasteiger partial charge in [0.05, 0.1) is 12.4 Å². The lowest BCUT2D eigenvalue weighted by Crippen LogP contribution is -2.32. The van der Waals surface area contributed by atoms with Gasteiger partial charge < -0.3 is 15.8 Å².